The molecule has 0 saturated carbocycles. The molecule has 0 spiro atoms. The van der Waals surface area contributed by atoms with E-state index in [0.29, 0.717) is 24.8 Å². The quantitative estimate of drug-likeness (QED) is 0.861. The van der Waals surface area contributed by atoms with Gasteiger partial charge < -0.3 is 14.8 Å². The van der Waals surface area contributed by atoms with Gasteiger partial charge in [0.05, 0.1) is 5.56 Å². The third kappa shape index (κ3) is 2.52. The highest BCUT2D eigenvalue weighted by atomic mass is 16.5. The van der Waals surface area contributed by atoms with Crippen molar-refractivity contribution in [2.75, 3.05) is 13.2 Å². The second-order valence-corrected chi connectivity index (χ2v) is 6.30. The average molecular weight is 275 g/mol. The molecule has 1 aromatic carbocycles. The second-order valence-electron chi connectivity index (χ2n) is 6.30. The summed E-state index contributed by atoms with van der Waals surface area (Å²) in [7, 11) is 0. The van der Waals surface area contributed by atoms with Gasteiger partial charge in [0.25, 0.3) is 0 Å². The number of hydrogen-bond acceptors (Lipinski definition) is 4. The molecule has 4 nitrogen and oxygen atoms in total. The van der Waals surface area contributed by atoms with Gasteiger partial charge in [-0.1, -0.05) is 13.8 Å². The van der Waals surface area contributed by atoms with Crippen molar-refractivity contribution in [3.63, 3.8) is 0 Å². The lowest BCUT2D eigenvalue weighted by molar-refractivity contribution is 0.0535. The summed E-state index contributed by atoms with van der Waals surface area (Å²) in [6, 6.07) is 5.92. The Morgan fingerprint density at radius 3 is 3.10 bits per heavy atom. The summed E-state index contributed by atoms with van der Waals surface area (Å²) >= 11 is 0. The zero-order chi connectivity index (χ0) is 14.2. The van der Waals surface area contributed by atoms with Crippen molar-refractivity contribution in [1.29, 1.82) is 0 Å². The average Bonchev–Trinajstić information content (AvgIpc) is 2.78. The second kappa shape index (κ2) is 5.09. The number of rotatable bonds is 3. The summed E-state index contributed by atoms with van der Waals surface area (Å²) in [5.41, 5.74) is 1.84. The Hall–Kier alpha value is -1.55. The molecule has 1 N–H and O–H groups in total. The highest BCUT2D eigenvalue weighted by molar-refractivity contribution is 5.93. The van der Waals surface area contributed by atoms with Gasteiger partial charge in [0.15, 0.2) is 0 Å². The molecule has 0 radical (unpaired) electrons. The van der Waals surface area contributed by atoms with Gasteiger partial charge in [0.1, 0.15) is 19.0 Å². The molecule has 0 aromatic heterocycles. The van der Waals surface area contributed by atoms with E-state index in [1.165, 1.54) is 12.8 Å². The molecule has 108 valence electrons. The Balaban J connectivity index is 1.65. The maximum atomic E-state index is 11.4. The highest BCUT2D eigenvalue weighted by Crippen LogP contribution is 2.31. The van der Waals surface area contributed by atoms with Crippen LogP contribution in [-0.4, -0.2) is 25.2 Å². The molecule has 1 saturated heterocycles. The lowest BCUT2D eigenvalue weighted by atomic mass is 9.78. The first-order chi connectivity index (χ1) is 9.56. The molecule has 0 aliphatic carbocycles. The van der Waals surface area contributed by atoms with Crippen LogP contribution in [0.3, 0.4) is 0 Å². The van der Waals surface area contributed by atoms with Gasteiger partial charge >= 0.3 is 5.97 Å². The molecule has 20 heavy (non-hydrogen) atoms. The summed E-state index contributed by atoms with van der Waals surface area (Å²) in [4.78, 5) is 11.4. The van der Waals surface area contributed by atoms with Crippen LogP contribution in [0.5, 0.6) is 5.75 Å². The Morgan fingerprint density at radius 2 is 2.30 bits per heavy atom. The van der Waals surface area contributed by atoms with Crippen molar-refractivity contribution in [1.82, 2.24) is 5.32 Å². The van der Waals surface area contributed by atoms with Crippen molar-refractivity contribution in [3.8, 4) is 5.75 Å². The van der Waals surface area contributed by atoms with E-state index >= 15 is 0 Å². The molecule has 2 heterocycles. The van der Waals surface area contributed by atoms with E-state index in [0.717, 1.165) is 17.9 Å². The minimum Gasteiger partial charge on any atom is -0.492 e. The van der Waals surface area contributed by atoms with Gasteiger partial charge in [-0.25, -0.2) is 4.79 Å². The standard InChI is InChI=1S/C16H21NO3/c1-16(2)6-3-7-17-14(16)10-19-12-4-5-13-11(8-12)9-20-15(13)18/h4-5,8,14,17H,3,6-7,9-10H2,1-2H3/t14-/m0/s1. The van der Waals surface area contributed by atoms with Gasteiger partial charge in [0.2, 0.25) is 0 Å². The summed E-state index contributed by atoms with van der Waals surface area (Å²) < 4.78 is 10.9. The fourth-order valence-electron chi connectivity index (χ4n) is 2.93. The van der Waals surface area contributed by atoms with Crippen LogP contribution < -0.4 is 10.1 Å². The van der Waals surface area contributed by atoms with E-state index in [-0.39, 0.29) is 11.4 Å². The van der Waals surface area contributed by atoms with Crippen LogP contribution >= 0.6 is 0 Å². The van der Waals surface area contributed by atoms with E-state index < -0.39 is 0 Å². The van der Waals surface area contributed by atoms with E-state index in [2.05, 4.69) is 19.2 Å². The van der Waals surface area contributed by atoms with E-state index in [1.807, 2.05) is 12.1 Å². The number of carbonyl (C=O) groups is 1. The van der Waals surface area contributed by atoms with Crippen molar-refractivity contribution >= 4 is 5.97 Å². The maximum absolute atomic E-state index is 11.4. The number of cyclic esters (lactones) is 1. The van der Waals surface area contributed by atoms with E-state index in [9.17, 15) is 4.79 Å². The SMILES string of the molecule is CC1(C)CCCN[C@H]1COc1ccc2c(c1)COC2=O. The zero-order valence-corrected chi connectivity index (χ0v) is 12.1. The minimum absolute atomic E-state index is 0.235. The number of nitrogens with one attached hydrogen (secondary N) is 1. The molecule has 4 heteroatoms. The number of hydrogen-bond donors (Lipinski definition) is 1. The number of benzene rings is 1. The first-order valence-corrected chi connectivity index (χ1v) is 7.22. The molecule has 1 fully saturated rings. The summed E-state index contributed by atoms with van der Waals surface area (Å²) in [6.07, 6.45) is 2.45. The smallest absolute Gasteiger partial charge is 0.338 e. The van der Waals surface area contributed by atoms with Crippen LogP contribution in [-0.2, 0) is 11.3 Å². The molecule has 2 aliphatic rings. The van der Waals surface area contributed by atoms with Crippen LogP contribution in [0.15, 0.2) is 18.2 Å². The fraction of sp³-hybridized carbons (Fsp3) is 0.562. The van der Waals surface area contributed by atoms with Crippen LogP contribution in [0.4, 0.5) is 0 Å². The van der Waals surface area contributed by atoms with Crippen molar-refractivity contribution in [3.05, 3.63) is 29.3 Å². The molecule has 1 aromatic rings. The third-order valence-electron chi connectivity index (χ3n) is 4.40. The third-order valence-corrected chi connectivity index (χ3v) is 4.40. The largest absolute Gasteiger partial charge is 0.492 e. The van der Waals surface area contributed by atoms with E-state index in [1.54, 1.807) is 6.07 Å². The van der Waals surface area contributed by atoms with Gasteiger partial charge in [-0.3, -0.25) is 0 Å². The topological polar surface area (TPSA) is 47.6 Å². The minimum atomic E-state index is -0.235. The fourth-order valence-corrected chi connectivity index (χ4v) is 2.93. The van der Waals surface area contributed by atoms with Crippen molar-refractivity contribution in [2.24, 2.45) is 5.41 Å². The van der Waals surface area contributed by atoms with Gasteiger partial charge in [0, 0.05) is 11.6 Å². The molecule has 0 bridgehead atoms. The zero-order valence-electron chi connectivity index (χ0n) is 12.1. The summed E-state index contributed by atoms with van der Waals surface area (Å²) in [6.45, 7) is 6.63. The first-order valence-electron chi connectivity index (χ1n) is 7.22. The normalized spacial score (nSPS) is 24.1. The van der Waals surface area contributed by atoms with E-state index in [4.69, 9.17) is 9.47 Å². The van der Waals surface area contributed by atoms with Gasteiger partial charge in [-0.05, 0) is 43.0 Å². The molecular formula is C16H21NO3. The van der Waals surface area contributed by atoms with Crippen LogP contribution in [0.25, 0.3) is 0 Å². The molecular weight excluding hydrogens is 254 g/mol. The number of carbonyl (C=O) groups excluding carboxylic acids is 1. The lowest BCUT2D eigenvalue weighted by Crippen LogP contribution is -2.50. The molecule has 1 atom stereocenters. The highest BCUT2D eigenvalue weighted by Gasteiger charge is 2.32. The van der Waals surface area contributed by atoms with Gasteiger partial charge in [-0.2, -0.15) is 0 Å². The number of fused-ring (bicyclic) bond motifs is 1. The van der Waals surface area contributed by atoms with Crippen LogP contribution in [0, 0.1) is 5.41 Å². The predicted octanol–water partition coefficient (Wildman–Crippen LogP) is 2.51. The Labute approximate surface area is 119 Å². The van der Waals surface area contributed by atoms with Crippen LogP contribution in [0.2, 0.25) is 0 Å². The molecule has 0 amide bonds. The van der Waals surface area contributed by atoms with Crippen LogP contribution in [0.1, 0.15) is 42.6 Å². The molecule has 2 aliphatic heterocycles. The monoisotopic (exact) mass is 275 g/mol. The molecule has 0 unspecified atom stereocenters. The van der Waals surface area contributed by atoms with Gasteiger partial charge in [-0.15, -0.1) is 0 Å². The summed E-state index contributed by atoms with van der Waals surface area (Å²) in [5.74, 6) is 0.576. The number of piperidine rings is 1. The maximum Gasteiger partial charge on any atom is 0.338 e. The van der Waals surface area contributed by atoms with Crippen molar-refractivity contribution in [2.45, 2.75) is 39.3 Å². The van der Waals surface area contributed by atoms with Crippen molar-refractivity contribution < 1.29 is 14.3 Å². The lowest BCUT2D eigenvalue weighted by Gasteiger charge is -2.39. The number of esters is 1. The summed E-state index contributed by atoms with van der Waals surface area (Å²) in [5, 5.41) is 3.54. The Kier molecular flexibility index (Phi) is 3.42. The first kappa shape index (κ1) is 13.4. The number of ether oxygens (including phenoxy) is 2. The Morgan fingerprint density at radius 1 is 1.45 bits per heavy atom. The molecule has 3 rings (SSSR count). The predicted molar refractivity (Wildman–Crippen MR) is 75.9 cm³/mol. The Bertz CT molecular complexity index is 524.